The molecule has 1 aromatic carbocycles. The van der Waals surface area contributed by atoms with Crippen LogP contribution in [0.2, 0.25) is 0 Å². The zero-order chi connectivity index (χ0) is 18.9. The molecule has 1 fully saturated rings. The maximum absolute atomic E-state index is 12.8. The molecule has 8 nitrogen and oxygen atoms in total. The Morgan fingerprint density at radius 1 is 1.00 bits per heavy atom. The van der Waals surface area contributed by atoms with Crippen LogP contribution >= 0.6 is 0 Å². The highest BCUT2D eigenvalue weighted by Gasteiger charge is 2.23. The Bertz CT molecular complexity index is 974. The molecule has 0 spiro atoms. The average Bonchev–Trinajstić information content (AvgIpc) is 3.13. The molecule has 1 N–H and O–H groups in total. The molecule has 1 saturated heterocycles. The summed E-state index contributed by atoms with van der Waals surface area (Å²) in [6.45, 7) is 1.79. The second-order valence-electron chi connectivity index (χ2n) is 6.40. The summed E-state index contributed by atoms with van der Waals surface area (Å²) in [5.74, 6) is 0.250. The van der Waals surface area contributed by atoms with Crippen molar-refractivity contribution in [3.63, 3.8) is 0 Å². The van der Waals surface area contributed by atoms with Crippen molar-refractivity contribution in [2.75, 3.05) is 27.2 Å². The Kier molecular flexibility index (Phi) is 5.20. The van der Waals surface area contributed by atoms with E-state index in [0.29, 0.717) is 0 Å². The van der Waals surface area contributed by atoms with E-state index in [9.17, 15) is 16.8 Å². The minimum atomic E-state index is -3.86. The van der Waals surface area contributed by atoms with Gasteiger partial charge in [-0.2, -0.15) is 17.6 Å². The van der Waals surface area contributed by atoms with Crippen molar-refractivity contribution in [3.8, 4) is 0 Å². The fourth-order valence-corrected chi connectivity index (χ4v) is 4.91. The predicted octanol–water partition coefficient (Wildman–Crippen LogP) is 0.837. The molecule has 10 heteroatoms. The van der Waals surface area contributed by atoms with Gasteiger partial charge in [0.2, 0.25) is 10.0 Å². The number of piperidine rings is 1. The molecule has 1 aliphatic heterocycles. The molecule has 1 aliphatic rings. The van der Waals surface area contributed by atoms with Crippen molar-refractivity contribution in [2.45, 2.75) is 28.6 Å². The van der Waals surface area contributed by atoms with E-state index in [0.717, 1.165) is 40.0 Å². The van der Waals surface area contributed by atoms with Crippen molar-refractivity contribution >= 4 is 20.0 Å². The molecular formula is C16H22N4O4S2. The molecule has 2 heterocycles. The van der Waals surface area contributed by atoms with E-state index in [4.69, 9.17) is 0 Å². The van der Waals surface area contributed by atoms with E-state index >= 15 is 0 Å². The Balaban J connectivity index is 1.88. The van der Waals surface area contributed by atoms with Gasteiger partial charge in [-0.15, -0.1) is 0 Å². The monoisotopic (exact) mass is 398 g/mol. The van der Waals surface area contributed by atoms with E-state index in [2.05, 4.69) is 10.4 Å². The first kappa shape index (κ1) is 19.0. The first-order chi connectivity index (χ1) is 12.2. The maximum Gasteiger partial charge on any atom is 0.282 e. The van der Waals surface area contributed by atoms with Crippen molar-refractivity contribution in [3.05, 3.63) is 42.2 Å². The first-order valence-electron chi connectivity index (χ1n) is 8.27. The van der Waals surface area contributed by atoms with Crippen LogP contribution in [0.4, 0.5) is 0 Å². The molecule has 1 aromatic heterocycles. The molecule has 0 bridgehead atoms. The summed E-state index contributed by atoms with van der Waals surface area (Å²) in [4.78, 5) is 0.0347. The van der Waals surface area contributed by atoms with Crippen LogP contribution in [0, 0.1) is 0 Å². The Morgan fingerprint density at radius 3 is 2.15 bits per heavy atom. The number of nitrogens with zero attached hydrogens (tertiary/aromatic N) is 3. The van der Waals surface area contributed by atoms with Crippen LogP contribution in [-0.2, 0) is 20.0 Å². The highest BCUT2D eigenvalue weighted by Crippen LogP contribution is 2.25. The van der Waals surface area contributed by atoms with E-state index in [-0.39, 0.29) is 15.7 Å². The smallest absolute Gasteiger partial charge is 0.282 e. The Morgan fingerprint density at radius 2 is 1.58 bits per heavy atom. The second-order valence-corrected chi connectivity index (χ2v) is 10.3. The molecular weight excluding hydrogens is 376 g/mol. The summed E-state index contributed by atoms with van der Waals surface area (Å²) in [6, 6.07) is 6.90. The third-order valence-corrected chi connectivity index (χ3v) is 7.88. The number of rotatable bonds is 5. The van der Waals surface area contributed by atoms with Crippen LogP contribution < -0.4 is 5.32 Å². The maximum atomic E-state index is 12.8. The summed E-state index contributed by atoms with van der Waals surface area (Å²) in [6.07, 6.45) is 3.29. The number of sulfonamides is 1. The van der Waals surface area contributed by atoms with Crippen LogP contribution in [0.5, 0.6) is 0 Å². The number of hydrogen-bond donors (Lipinski definition) is 1. The van der Waals surface area contributed by atoms with Gasteiger partial charge in [0.1, 0.15) is 0 Å². The summed E-state index contributed by atoms with van der Waals surface area (Å²) in [7, 11) is -4.62. The number of aromatic nitrogens is 2. The molecule has 0 atom stereocenters. The Labute approximate surface area is 153 Å². The lowest BCUT2D eigenvalue weighted by Crippen LogP contribution is -2.27. The minimum absolute atomic E-state index is 0.00448. The quantitative estimate of drug-likeness (QED) is 0.801. The highest BCUT2D eigenvalue weighted by molar-refractivity contribution is 7.90. The lowest BCUT2D eigenvalue weighted by molar-refractivity contribution is 0.451. The molecule has 3 rings (SSSR count). The third kappa shape index (κ3) is 3.54. The van der Waals surface area contributed by atoms with Crippen molar-refractivity contribution in [1.29, 1.82) is 0 Å². The predicted molar refractivity (Wildman–Crippen MR) is 97.0 cm³/mol. The summed E-state index contributed by atoms with van der Waals surface area (Å²) >= 11 is 0. The van der Waals surface area contributed by atoms with E-state index in [1.165, 1.54) is 44.6 Å². The lowest BCUT2D eigenvalue weighted by Gasteiger charge is -2.20. The number of nitrogens with one attached hydrogen (secondary N) is 1. The van der Waals surface area contributed by atoms with Crippen molar-refractivity contribution in [1.82, 2.24) is 18.8 Å². The van der Waals surface area contributed by atoms with E-state index in [1.807, 2.05) is 0 Å². The standard InChI is InChI=1S/C16H22N4O4S2/c1-19(2)25(21,22)14-3-5-15(6-4-14)26(23,24)20-12-9-16(18-20)13-7-10-17-11-8-13/h3-6,9,12-13,17H,7-8,10-11H2,1-2H3. The fraction of sp³-hybridized carbons (Fsp3) is 0.438. The molecule has 142 valence electrons. The van der Waals surface area contributed by atoms with Gasteiger partial charge in [0.15, 0.2) is 0 Å². The minimum Gasteiger partial charge on any atom is -0.317 e. The second kappa shape index (κ2) is 7.10. The van der Waals surface area contributed by atoms with Gasteiger partial charge in [0.05, 0.1) is 15.5 Å². The molecule has 0 aliphatic carbocycles. The summed E-state index contributed by atoms with van der Waals surface area (Å²) in [5.41, 5.74) is 0.766. The van der Waals surface area contributed by atoms with Crippen LogP contribution in [0.3, 0.4) is 0 Å². The zero-order valence-electron chi connectivity index (χ0n) is 14.7. The van der Waals surface area contributed by atoms with Gasteiger partial charge in [0, 0.05) is 26.2 Å². The lowest BCUT2D eigenvalue weighted by atomic mass is 9.95. The molecule has 2 aromatic rings. The van der Waals surface area contributed by atoms with Crippen LogP contribution in [0.15, 0.2) is 46.3 Å². The Hall–Kier alpha value is -1.75. The van der Waals surface area contributed by atoms with Crippen LogP contribution in [-0.4, -0.2) is 57.5 Å². The van der Waals surface area contributed by atoms with Gasteiger partial charge < -0.3 is 5.32 Å². The van der Waals surface area contributed by atoms with Crippen LogP contribution in [0.25, 0.3) is 0 Å². The SMILES string of the molecule is CN(C)S(=O)(=O)c1ccc(S(=O)(=O)n2ccc(C3CCNCC3)n2)cc1. The average molecular weight is 399 g/mol. The first-order valence-corrected chi connectivity index (χ1v) is 11.2. The van der Waals surface area contributed by atoms with E-state index < -0.39 is 20.0 Å². The van der Waals surface area contributed by atoms with Crippen molar-refractivity contribution in [2.24, 2.45) is 0 Å². The van der Waals surface area contributed by atoms with Gasteiger partial charge in [-0.05, 0) is 56.3 Å². The van der Waals surface area contributed by atoms with Crippen molar-refractivity contribution < 1.29 is 16.8 Å². The number of hydrogen-bond acceptors (Lipinski definition) is 6. The molecule has 26 heavy (non-hydrogen) atoms. The van der Waals surface area contributed by atoms with E-state index in [1.54, 1.807) is 6.07 Å². The molecule has 0 radical (unpaired) electrons. The molecule has 0 amide bonds. The van der Waals surface area contributed by atoms with Crippen LogP contribution in [0.1, 0.15) is 24.5 Å². The van der Waals surface area contributed by atoms with Gasteiger partial charge >= 0.3 is 0 Å². The summed E-state index contributed by atoms with van der Waals surface area (Å²) in [5, 5.41) is 7.52. The van der Waals surface area contributed by atoms with Gasteiger partial charge in [-0.25, -0.2) is 12.7 Å². The third-order valence-electron chi connectivity index (χ3n) is 4.49. The fourth-order valence-electron chi connectivity index (χ4n) is 2.89. The molecule has 0 unspecified atom stereocenters. The normalized spacial score (nSPS) is 16.9. The summed E-state index contributed by atoms with van der Waals surface area (Å²) < 4.78 is 51.7. The topological polar surface area (TPSA) is 101 Å². The van der Waals surface area contributed by atoms with Gasteiger partial charge in [0.25, 0.3) is 10.0 Å². The highest BCUT2D eigenvalue weighted by atomic mass is 32.2. The number of benzene rings is 1. The zero-order valence-corrected chi connectivity index (χ0v) is 16.3. The largest absolute Gasteiger partial charge is 0.317 e. The van der Waals surface area contributed by atoms with Gasteiger partial charge in [-0.3, -0.25) is 0 Å². The van der Waals surface area contributed by atoms with Gasteiger partial charge in [-0.1, -0.05) is 0 Å². The molecule has 0 saturated carbocycles.